The number of amides is 8. The Morgan fingerprint density at radius 2 is 1.37 bits per heavy atom. The number of nitrogens with one attached hydrogen (secondary N) is 4. The van der Waals surface area contributed by atoms with Gasteiger partial charge in [0.15, 0.2) is 0 Å². The molecule has 0 saturated carbocycles. The molecular formula is C65H92N8O14. The first-order valence-corrected chi connectivity index (χ1v) is 30.5. The van der Waals surface area contributed by atoms with Crippen molar-refractivity contribution in [1.82, 2.24) is 36.0 Å². The van der Waals surface area contributed by atoms with Crippen LogP contribution in [0.15, 0.2) is 84.0 Å². The van der Waals surface area contributed by atoms with Crippen molar-refractivity contribution in [1.29, 1.82) is 0 Å². The Morgan fingerprint density at radius 1 is 0.736 bits per heavy atom. The molecule has 476 valence electrons. The number of likely N-dealkylation sites (tertiary alicyclic amines) is 1. The number of nitrogens with zero attached hydrogens (tertiary/aromatic N) is 4. The highest BCUT2D eigenvalue weighted by molar-refractivity contribution is 5.93. The van der Waals surface area contributed by atoms with Gasteiger partial charge in [-0.05, 0) is 84.1 Å². The summed E-state index contributed by atoms with van der Waals surface area (Å²) in [5.41, 5.74) is 4.93. The third-order valence-electron chi connectivity index (χ3n) is 17.2. The molecule has 10 atom stereocenters. The average Bonchev–Trinajstić information content (AvgIpc) is 1.78. The SMILES string of the molecule is CCC(C)C([C@@H](CC(=O)N1CCCC1[C@H](OC)[C@@H](C)C(=O)NC(Cc1ccccc1)C(=O)N=O)OC)N(C)C(=O)[C@@H](NC(=O)C(C(C)C)N(C)C(=O)CCCC(=O)NCCCCC(NC(=O)OCC1c2ccccc2-c2ccccc21)C(=O)O)C(C)C. The number of carbonyl (C=O) groups is 9. The lowest BCUT2D eigenvalue weighted by Gasteiger charge is -2.41. The van der Waals surface area contributed by atoms with Crippen molar-refractivity contribution in [2.75, 3.05) is 48.0 Å². The third kappa shape index (κ3) is 19.0. The van der Waals surface area contributed by atoms with Crippen molar-refractivity contribution in [2.24, 2.45) is 28.8 Å². The molecule has 1 heterocycles. The van der Waals surface area contributed by atoms with Gasteiger partial charge < -0.3 is 55.3 Å². The summed E-state index contributed by atoms with van der Waals surface area (Å²) in [5, 5.41) is 23.3. The van der Waals surface area contributed by atoms with Gasteiger partial charge in [-0.15, -0.1) is 4.91 Å². The van der Waals surface area contributed by atoms with Gasteiger partial charge in [-0.2, -0.15) is 0 Å². The molecule has 0 bridgehead atoms. The molecule has 1 saturated heterocycles. The lowest BCUT2D eigenvalue weighted by Crippen LogP contribution is -2.60. The van der Waals surface area contributed by atoms with Crippen LogP contribution in [0.3, 0.4) is 0 Å². The maximum absolute atomic E-state index is 14.7. The molecule has 87 heavy (non-hydrogen) atoms. The molecule has 1 aliphatic heterocycles. The fraction of sp³-hybridized carbons (Fsp3) is 0.585. The van der Waals surface area contributed by atoms with Crippen LogP contribution in [-0.4, -0.2) is 170 Å². The molecule has 0 radical (unpaired) electrons. The molecule has 2 aliphatic rings. The molecule has 0 spiro atoms. The topological polar surface area (TPSA) is 289 Å². The minimum atomic E-state index is -1.21. The Balaban J connectivity index is 1.10. The van der Waals surface area contributed by atoms with E-state index in [2.05, 4.69) is 26.4 Å². The number of carbonyl (C=O) groups excluding carboxylic acids is 8. The second kappa shape index (κ2) is 34.1. The highest BCUT2D eigenvalue weighted by Gasteiger charge is 2.44. The lowest BCUT2D eigenvalue weighted by molar-refractivity contribution is -0.148. The largest absolute Gasteiger partial charge is 0.480 e. The summed E-state index contributed by atoms with van der Waals surface area (Å²) >= 11 is 0. The molecule has 5 rings (SSSR count). The van der Waals surface area contributed by atoms with Crippen LogP contribution < -0.4 is 21.3 Å². The number of nitroso groups, excluding NO2 is 1. The molecule has 5 N–H and O–H groups in total. The van der Waals surface area contributed by atoms with Gasteiger partial charge >= 0.3 is 18.0 Å². The maximum Gasteiger partial charge on any atom is 0.407 e. The zero-order chi connectivity index (χ0) is 64.1. The highest BCUT2D eigenvalue weighted by Crippen LogP contribution is 2.44. The van der Waals surface area contributed by atoms with Crippen molar-refractivity contribution in [3.8, 4) is 11.1 Å². The van der Waals surface area contributed by atoms with Gasteiger partial charge in [0.2, 0.25) is 35.4 Å². The monoisotopic (exact) mass is 1210 g/mol. The number of carboxylic acids is 1. The maximum atomic E-state index is 14.7. The number of carboxylic acid groups (broad SMARTS) is 1. The Bertz CT molecular complexity index is 2790. The van der Waals surface area contributed by atoms with Crippen molar-refractivity contribution < 1.29 is 62.5 Å². The predicted octanol–water partition coefficient (Wildman–Crippen LogP) is 7.00. The summed E-state index contributed by atoms with van der Waals surface area (Å²) in [6.45, 7) is 13.4. The van der Waals surface area contributed by atoms with Gasteiger partial charge in [0.05, 0.1) is 36.6 Å². The van der Waals surface area contributed by atoms with E-state index in [1.807, 2.05) is 68.4 Å². The molecule has 6 unspecified atom stereocenters. The number of aliphatic carboxylic acids is 1. The highest BCUT2D eigenvalue weighted by atomic mass is 16.5. The van der Waals surface area contributed by atoms with Crippen LogP contribution in [0.25, 0.3) is 11.1 Å². The molecule has 22 nitrogen and oxygen atoms in total. The molecule has 22 heteroatoms. The van der Waals surface area contributed by atoms with Crippen molar-refractivity contribution in [3.63, 3.8) is 0 Å². The van der Waals surface area contributed by atoms with Gasteiger partial charge in [-0.3, -0.25) is 33.6 Å². The van der Waals surface area contributed by atoms with Gasteiger partial charge in [0, 0.05) is 71.8 Å². The summed E-state index contributed by atoms with van der Waals surface area (Å²) in [4.78, 5) is 137. The molecule has 3 aromatic carbocycles. The summed E-state index contributed by atoms with van der Waals surface area (Å²) in [6, 6.07) is 19.1. The van der Waals surface area contributed by atoms with E-state index in [9.17, 15) is 53.2 Å². The Kier molecular flexibility index (Phi) is 27.5. The van der Waals surface area contributed by atoms with E-state index < -0.39 is 96.0 Å². The zero-order valence-electron chi connectivity index (χ0n) is 52.5. The summed E-state index contributed by atoms with van der Waals surface area (Å²) in [7, 11) is 6.08. The minimum absolute atomic E-state index is 0.0218. The normalized spacial score (nSPS) is 16.8. The molecular weight excluding hydrogens is 1120 g/mol. The van der Waals surface area contributed by atoms with Crippen LogP contribution in [0, 0.1) is 28.6 Å². The average molecular weight is 1210 g/mol. The number of methoxy groups -OCH3 is 2. The van der Waals surface area contributed by atoms with Crippen LogP contribution >= 0.6 is 0 Å². The van der Waals surface area contributed by atoms with Gasteiger partial charge in [0.25, 0.3) is 0 Å². The predicted molar refractivity (Wildman–Crippen MR) is 328 cm³/mol. The van der Waals surface area contributed by atoms with Crippen molar-refractivity contribution in [2.45, 2.75) is 173 Å². The second-order valence-corrected chi connectivity index (χ2v) is 23.8. The van der Waals surface area contributed by atoms with E-state index in [4.69, 9.17) is 14.2 Å². The molecule has 0 aromatic heterocycles. The smallest absolute Gasteiger partial charge is 0.407 e. The minimum Gasteiger partial charge on any atom is -0.480 e. The van der Waals surface area contributed by atoms with Crippen LogP contribution in [0.5, 0.6) is 0 Å². The van der Waals surface area contributed by atoms with Crippen molar-refractivity contribution in [3.05, 3.63) is 100 Å². The van der Waals surface area contributed by atoms with Crippen LogP contribution in [0.2, 0.25) is 0 Å². The number of hydrogen-bond acceptors (Lipinski definition) is 13. The first kappa shape index (κ1) is 70.2. The summed E-state index contributed by atoms with van der Waals surface area (Å²) < 4.78 is 17.5. The van der Waals surface area contributed by atoms with E-state index in [0.717, 1.165) is 27.8 Å². The fourth-order valence-electron chi connectivity index (χ4n) is 12.2. The number of benzene rings is 3. The third-order valence-corrected chi connectivity index (χ3v) is 17.2. The lowest BCUT2D eigenvalue weighted by atomic mass is 9.89. The van der Waals surface area contributed by atoms with E-state index in [-0.39, 0.29) is 87.2 Å². The first-order valence-electron chi connectivity index (χ1n) is 30.5. The van der Waals surface area contributed by atoms with Gasteiger partial charge in [-0.1, -0.05) is 134 Å². The number of ether oxygens (including phenoxy) is 3. The first-order chi connectivity index (χ1) is 41.5. The summed E-state index contributed by atoms with van der Waals surface area (Å²) in [5.74, 6) is -6.68. The van der Waals surface area contributed by atoms with Crippen LogP contribution in [0.1, 0.15) is 135 Å². The number of unbranched alkanes of at least 4 members (excludes halogenated alkanes) is 1. The Morgan fingerprint density at radius 3 is 1.94 bits per heavy atom. The quantitative estimate of drug-likeness (QED) is 0.0297. The standard InChI is InChI=1S/C65H92N8O14/c1-12-41(6)58(52(85-10)37-55(76)73-35-23-31-51(73)59(86-11)42(7)60(77)67-50(61(78)70-84)36-43-24-14-13-15-25-43)72(9)63(80)56(39(2)3)69-62(79)57(40(4)5)71(8)54(75)33-22-32-53(74)66-34-21-20-30-49(64(81)82)68-65(83)87-38-48-46-28-18-16-26-44(46)45-27-17-19-29-47(45)48/h13-19,24-29,39-42,48-52,56-59H,12,20-23,30-38H2,1-11H3,(H,66,74)(H,67,77)(H,68,83)(H,69,79)(H,81,82)/t41?,42-,49?,50?,51?,52-,56+,57?,58?,59-/m1/s1. The Hall–Kier alpha value is -7.59. The fourth-order valence-corrected chi connectivity index (χ4v) is 12.2. The zero-order valence-corrected chi connectivity index (χ0v) is 52.5. The number of hydrogen-bond donors (Lipinski definition) is 5. The number of rotatable bonds is 34. The van der Waals surface area contributed by atoms with Crippen LogP contribution in [0.4, 0.5) is 4.79 Å². The van der Waals surface area contributed by atoms with Crippen LogP contribution in [-0.2, 0) is 59.0 Å². The van der Waals surface area contributed by atoms with Gasteiger partial charge in [0.1, 0.15) is 30.8 Å². The number of alkyl carbamates (subject to hydrolysis) is 1. The van der Waals surface area contributed by atoms with Crippen molar-refractivity contribution >= 4 is 53.4 Å². The van der Waals surface area contributed by atoms with Gasteiger partial charge in [-0.25, -0.2) is 9.59 Å². The second-order valence-electron chi connectivity index (χ2n) is 23.8. The van der Waals surface area contributed by atoms with E-state index in [0.29, 0.717) is 38.6 Å². The number of likely N-dealkylation sites (N-methyl/N-ethyl adjacent to an activating group) is 2. The summed E-state index contributed by atoms with van der Waals surface area (Å²) in [6.07, 6.45) is 0.365. The molecule has 1 fully saturated rings. The molecule has 3 aromatic rings. The van der Waals surface area contributed by atoms with E-state index in [1.54, 1.807) is 70.8 Å². The molecule has 8 amide bonds. The Labute approximate surface area is 511 Å². The molecule has 1 aliphatic carbocycles. The van der Waals surface area contributed by atoms with E-state index in [1.165, 1.54) is 31.1 Å². The number of fused-ring (bicyclic) bond motifs is 3. The van der Waals surface area contributed by atoms with E-state index >= 15 is 0 Å².